The second kappa shape index (κ2) is 7.70. The number of nitrogens with one attached hydrogen (secondary N) is 1. The average molecular weight is 349 g/mol. The normalized spacial score (nSPS) is 10.4. The average Bonchev–Trinajstić information content (AvgIpc) is 2.68. The lowest BCUT2D eigenvalue weighted by molar-refractivity contribution is 0.0525. The molecule has 132 valence electrons. The number of aromatic amines is 1. The van der Waals surface area contributed by atoms with Crippen molar-refractivity contribution in [2.24, 2.45) is 0 Å². The Morgan fingerprint density at radius 3 is 2.31 bits per heavy atom. The van der Waals surface area contributed by atoms with E-state index < -0.39 is 11.5 Å². The Morgan fingerprint density at radius 2 is 1.69 bits per heavy atom. The van der Waals surface area contributed by atoms with Crippen LogP contribution in [0.15, 0.2) is 65.5 Å². The number of hydrogen-bond acceptors (Lipinski definition) is 4. The van der Waals surface area contributed by atoms with Gasteiger partial charge in [-0.2, -0.15) is 0 Å². The predicted octanol–water partition coefficient (Wildman–Crippen LogP) is 3.89. The van der Waals surface area contributed by atoms with Crippen LogP contribution in [0.1, 0.15) is 17.3 Å². The van der Waals surface area contributed by atoms with E-state index in [0.29, 0.717) is 17.0 Å². The van der Waals surface area contributed by atoms with Gasteiger partial charge in [0.1, 0.15) is 11.3 Å². The van der Waals surface area contributed by atoms with Crippen LogP contribution in [0, 0.1) is 0 Å². The number of aromatic nitrogens is 1. The number of carbonyl (C=O) groups excluding carboxylic acids is 1. The van der Waals surface area contributed by atoms with Gasteiger partial charge in [-0.1, -0.05) is 42.5 Å². The van der Waals surface area contributed by atoms with Crippen molar-refractivity contribution in [1.29, 1.82) is 0 Å². The highest BCUT2D eigenvalue weighted by Gasteiger charge is 2.20. The lowest BCUT2D eigenvalue weighted by atomic mass is 9.98. The van der Waals surface area contributed by atoms with Gasteiger partial charge >= 0.3 is 5.97 Å². The van der Waals surface area contributed by atoms with Crippen LogP contribution in [0.2, 0.25) is 0 Å². The van der Waals surface area contributed by atoms with E-state index in [-0.39, 0.29) is 12.2 Å². The number of H-pyrrole nitrogens is 1. The van der Waals surface area contributed by atoms with E-state index in [9.17, 15) is 9.59 Å². The molecular weight excluding hydrogens is 330 g/mol. The summed E-state index contributed by atoms with van der Waals surface area (Å²) in [6.45, 7) is 1.90. The Labute approximate surface area is 151 Å². The summed E-state index contributed by atoms with van der Waals surface area (Å²) in [6, 6.07) is 18.5. The maximum Gasteiger partial charge on any atom is 0.344 e. The zero-order valence-electron chi connectivity index (χ0n) is 14.6. The standard InChI is InChI=1S/C21H19NO4/c1-3-26-21(24)19-17(14-9-11-16(25-2)12-10-14)13-18(22-20(19)23)15-7-5-4-6-8-15/h4-13H,3H2,1-2H3,(H,22,23). The van der Waals surface area contributed by atoms with E-state index in [1.165, 1.54) is 0 Å². The number of esters is 1. The van der Waals surface area contributed by atoms with E-state index in [1.54, 1.807) is 32.2 Å². The molecule has 0 radical (unpaired) electrons. The van der Waals surface area contributed by atoms with Crippen molar-refractivity contribution in [3.05, 3.63) is 76.6 Å². The van der Waals surface area contributed by atoms with Crippen LogP contribution in [-0.4, -0.2) is 24.7 Å². The molecule has 2 aromatic carbocycles. The molecule has 5 heteroatoms. The minimum Gasteiger partial charge on any atom is -0.497 e. The van der Waals surface area contributed by atoms with Crippen molar-refractivity contribution >= 4 is 5.97 Å². The van der Waals surface area contributed by atoms with Crippen molar-refractivity contribution in [3.63, 3.8) is 0 Å². The summed E-state index contributed by atoms with van der Waals surface area (Å²) in [5.74, 6) is 0.0544. The summed E-state index contributed by atoms with van der Waals surface area (Å²) in [5.41, 5.74) is 2.27. The van der Waals surface area contributed by atoms with E-state index in [0.717, 1.165) is 11.1 Å². The lowest BCUT2D eigenvalue weighted by Crippen LogP contribution is -2.21. The number of hydrogen-bond donors (Lipinski definition) is 1. The van der Waals surface area contributed by atoms with Crippen molar-refractivity contribution in [2.45, 2.75) is 6.92 Å². The van der Waals surface area contributed by atoms with Crippen LogP contribution in [0.3, 0.4) is 0 Å². The first-order valence-electron chi connectivity index (χ1n) is 8.28. The van der Waals surface area contributed by atoms with E-state index in [4.69, 9.17) is 9.47 Å². The van der Waals surface area contributed by atoms with Gasteiger partial charge in [0.05, 0.1) is 13.7 Å². The molecule has 0 aliphatic rings. The molecule has 0 bridgehead atoms. The first kappa shape index (κ1) is 17.5. The van der Waals surface area contributed by atoms with Crippen molar-refractivity contribution in [1.82, 2.24) is 4.98 Å². The van der Waals surface area contributed by atoms with Gasteiger partial charge in [-0.15, -0.1) is 0 Å². The molecule has 0 unspecified atom stereocenters. The fourth-order valence-electron chi connectivity index (χ4n) is 2.74. The molecule has 3 aromatic rings. The van der Waals surface area contributed by atoms with Crippen LogP contribution < -0.4 is 10.3 Å². The van der Waals surface area contributed by atoms with E-state index >= 15 is 0 Å². The van der Waals surface area contributed by atoms with E-state index in [1.807, 2.05) is 42.5 Å². The number of ether oxygens (including phenoxy) is 2. The summed E-state index contributed by atoms with van der Waals surface area (Å²) >= 11 is 0. The summed E-state index contributed by atoms with van der Waals surface area (Å²) in [4.78, 5) is 27.8. The fourth-order valence-corrected chi connectivity index (χ4v) is 2.74. The van der Waals surface area contributed by atoms with Gasteiger partial charge in [0, 0.05) is 11.3 Å². The Morgan fingerprint density at radius 1 is 1.00 bits per heavy atom. The second-order valence-corrected chi connectivity index (χ2v) is 5.62. The molecule has 3 rings (SSSR count). The number of carbonyl (C=O) groups is 1. The fraction of sp³-hybridized carbons (Fsp3) is 0.143. The smallest absolute Gasteiger partial charge is 0.344 e. The van der Waals surface area contributed by atoms with Crippen LogP contribution in [0.5, 0.6) is 5.75 Å². The molecule has 0 saturated heterocycles. The Bertz CT molecular complexity index is 960. The molecule has 1 heterocycles. The molecule has 0 aliphatic heterocycles. The zero-order valence-corrected chi connectivity index (χ0v) is 14.6. The number of methoxy groups -OCH3 is 1. The molecule has 0 atom stereocenters. The van der Waals surface area contributed by atoms with Gasteiger partial charge in [-0.25, -0.2) is 4.79 Å². The molecule has 1 aromatic heterocycles. The number of rotatable bonds is 5. The third-order valence-electron chi connectivity index (χ3n) is 4.00. The molecule has 5 nitrogen and oxygen atoms in total. The topological polar surface area (TPSA) is 68.4 Å². The van der Waals surface area contributed by atoms with Crippen molar-refractivity contribution in [3.8, 4) is 28.1 Å². The summed E-state index contributed by atoms with van der Waals surface area (Å²) < 4.78 is 10.3. The summed E-state index contributed by atoms with van der Waals surface area (Å²) in [5, 5.41) is 0. The van der Waals surface area contributed by atoms with Crippen LogP contribution in [0.4, 0.5) is 0 Å². The Balaban J connectivity index is 2.21. The van der Waals surface area contributed by atoms with Crippen molar-refractivity contribution < 1.29 is 14.3 Å². The monoisotopic (exact) mass is 349 g/mol. The zero-order chi connectivity index (χ0) is 18.5. The highest BCUT2D eigenvalue weighted by atomic mass is 16.5. The minimum atomic E-state index is -0.640. The highest BCUT2D eigenvalue weighted by Crippen LogP contribution is 2.28. The van der Waals surface area contributed by atoms with Crippen molar-refractivity contribution in [2.75, 3.05) is 13.7 Å². The highest BCUT2D eigenvalue weighted by molar-refractivity contribution is 5.97. The van der Waals surface area contributed by atoms with Gasteiger partial charge in [-0.05, 0) is 36.2 Å². The van der Waals surface area contributed by atoms with Gasteiger partial charge in [-0.3, -0.25) is 4.79 Å². The molecule has 0 amide bonds. The predicted molar refractivity (Wildman–Crippen MR) is 100 cm³/mol. The van der Waals surface area contributed by atoms with Gasteiger partial charge in [0.15, 0.2) is 0 Å². The first-order chi connectivity index (χ1) is 12.6. The molecular formula is C21H19NO4. The molecule has 26 heavy (non-hydrogen) atoms. The minimum absolute atomic E-state index is 0.00306. The van der Waals surface area contributed by atoms with Crippen LogP contribution >= 0.6 is 0 Å². The molecule has 0 aliphatic carbocycles. The van der Waals surface area contributed by atoms with Crippen LogP contribution in [-0.2, 0) is 4.74 Å². The largest absolute Gasteiger partial charge is 0.497 e. The third-order valence-corrected chi connectivity index (χ3v) is 4.00. The molecule has 0 fully saturated rings. The molecule has 1 N–H and O–H groups in total. The SMILES string of the molecule is CCOC(=O)c1c(-c2ccc(OC)cc2)cc(-c2ccccc2)[nH]c1=O. The Kier molecular flexibility index (Phi) is 5.17. The number of pyridine rings is 1. The van der Waals surface area contributed by atoms with Crippen LogP contribution in [0.25, 0.3) is 22.4 Å². The molecule has 0 spiro atoms. The van der Waals surface area contributed by atoms with Gasteiger partial charge < -0.3 is 14.5 Å². The van der Waals surface area contributed by atoms with E-state index in [2.05, 4.69) is 4.98 Å². The molecule has 0 saturated carbocycles. The lowest BCUT2D eigenvalue weighted by Gasteiger charge is -2.12. The quantitative estimate of drug-likeness (QED) is 0.710. The summed E-state index contributed by atoms with van der Waals surface area (Å²) in [6.07, 6.45) is 0. The Hall–Kier alpha value is -3.34. The first-order valence-corrected chi connectivity index (χ1v) is 8.28. The third kappa shape index (κ3) is 3.52. The number of benzene rings is 2. The van der Waals surface area contributed by atoms with Gasteiger partial charge in [0.2, 0.25) is 0 Å². The second-order valence-electron chi connectivity index (χ2n) is 5.62. The summed E-state index contributed by atoms with van der Waals surface area (Å²) in [7, 11) is 1.58. The maximum atomic E-state index is 12.7. The maximum absolute atomic E-state index is 12.7. The van der Waals surface area contributed by atoms with Gasteiger partial charge in [0.25, 0.3) is 5.56 Å².